The Kier molecular flexibility index (Phi) is 11.0. The Labute approximate surface area is 281 Å². The Morgan fingerprint density at radius 1 is 0.636 bits per heavy atom. The summed E-state index contributed by atoms with van der Waals surface area (Å²) in [6.45, 7) is 9.26. The molecule has 0 bridgehead atoms. The fourth-order valence-electron chi connectivity index (χ4n) is 6.37. The first kappa shape index (κ1) is 32.5. The van der Waals surface area contributed by atoms with Crippen LogP contribution in [0.5, 0.6) is 0 Å². The van der Waals surface area contributed by atoms with Crippen LogP contribution in [0.25, 0.3) is 11.1 Å². The fraction of sp³-hybridized carbons (Fsp3) is 0.326. The Bertz CT molecular complexity index is 1480. The minimum atomic E-state index is -0.0591. The van der Waals surface area contributed by atoms with Crippen LogP contribution in [0.4, 0.5) is 0 Å². The Morgan fingerprint density at radius 3 is 1.77 bits per heavy atom. The van der Waals surface area contributed by atoms with Gasteiger partial charge in [-0.05, 0) is 28.5 Å². The van der Waals surface area contributed by atoms with E-state index in [0.29, 0.717) is 0 Å². The van der Waals surface area contributed by atoms with Crippen LogP contribution in [-0.2, 0) is 41.5 Å². The van der Waals surface area contributed by atoms with Crippen LogP contribution in [0.1, 0.15) is 106 Å². The molecule has 0 amide bonds. The van der Waals surface area contributed by atoms with Gasteiger partial charge in [-0.1, -0.05) is 118 Å². The molecule has 3 aliphatic carbocycles. The van der Waals surface area contributed by atoms with Crippen LogP contribution in [0.15, 0.2) is 109 Å². The summed E-state index contributed by atoms with van der Waals surface area (Å²) in [6.07, 6.45) is 19.8. The molecule has 0 aliphatic heterocycles. The van der Waals surface area contributed by atoms with Crippen molar-refractivity contribution in [2.45, 2.75) is 89.9 Å². The van der Waals surface area contributed by atoms with Gasteiger partial charge in [0.05, 0.1) is 0 Å². The third-order valence-electron chi connectivity index (χ3n) is 9.52. The summed E-state index contributed by atoms with van der Waals surface area (Å²) >= 11 is 1.69. The maximum absolute atomic E-state index is 3.63. The van der Waals surface area contributed by atoms with E-state index in [1.54, 1.807) is 24.2 Å². The van der Waals surface area contributed by atoms with Gasteiger partial charge in [0.1, 0.15) is 0 Å². The van der Waals surface area contributed by atoms with Crippen molar-refractivity contribution in [3.63, 3.8) is 0 Å². The number of rotatable bonds is 4. The molecule has 0 unspecified atom stereocenters. The van der Waals surface area contributed by atoms with Crippen molar-refractivity contribution < 1.29 is 24.2 Å². The standard InChI is InChI=1S/C31H29.C7H12.C5H5.Zr/c1-30(2,24-11-7-5-8-12-24)26-17-15-22-19-23-16-18-27(21-29(23)28(22)20-26)31(3,4)25-13-9-6-10-14-25;1-2-4-6-7-5-3-1;1-2-4-5-3-1;/h5-15,17-18,20-21H,19H2,1-4H3;1-6H2;1-3H,4H2;/q-1;;-1;+2. The number of allylic oxidation sites excluding steroid dienone is 4. The van der Waals surface area contributed by atoms with Gasteiger partial charge in [0.15, 0.2) is 0 Å². The molecule has 222 valence electrons. The Hall–Kier alpha value is -2.89. The molecule has 0 nitrogen and oxygen atoms in total. The maximum atomic E-state index is 3.63. The molecule has 0 N–H and O–H groups in total. The zero-order valence-electron chi connectivity index (χ0n) is 27.0. The van der Waals surface area contributed by atoms with Gasteiger partial charge in [0, 0.05) is 5.41 Å². The molecule has 1 fully saturated rings. The predicted octanol–water partition coefficient (Wildman–Crippen LogP) is 11.1. The SMILES string of the molecule is CC(C)(c1ccccc1)c1c[c-]c2c(c1)-c1cc(C(C)(C)c3ccccc3)ccc1C2.[C-]1=CC=CC1.[Zr+2]=[C]1CCCCCC1. The van der Waals surface area contributed by atoms with Crippen LogP contribution >= 0.6 is 0 Å². The van der Waals surface area contributed by atoms with Gasteiger partial charge < -0.3 is 0 Å². The van der Waals surface area contributed by atoms with E-state index in [2.05, 4.69) is 137 Å². The molecule has 44 heavy (non-hydrogen) atoms. The molecule has 0 radical (unpaired) electrons. The average molecular weight is 654 g/mol. The molecule has 3 aliphatic rings. The zero-order valence-corrected chi connectivity index (χ0v) is 29.5. The molecule has 0 heterocycles. The van der Waals surface area contributed by atoms with Gasteiger partial charge in [0.2, 0.25) is 0 Å². The summed E-state index contributed by atoms with van der Waals surface area (Å²) in [4.78, 5) is 0. The van der Waals surface area contributed by atoms with E-state index >= 15 is 0 Å². The Morgan fingerprint density at radius 2 is 1.23 bits per heavy atom. The summed E-state index contributed by atoms with van der Waals surface area (Å²) in [5, 5.41) is 0. The van der Waals surface area contributed by atoms with Crippen molar-refractivity contribution in [3.05, 3.63) is 155 Å². The third kappa shape index (κ3) is 7.84. The van der Waals surface area contributed by atoms with Crippen LogP contribution in [0.2, 0.25) is 0 Å². The van der Waals surface area contributed by atoms with Crippen molar-refractivity contribution in [1.29, 1.82) is 0 Å². The number of hydrogen-bond donors (Lipinski definition) is 0. The molecule has 7 rings (SSSR count). The quantitative estimate of drug-likeness (QED) is 0.134. The van der Waals surface area contributed by atoms with Crippen molar-refractivity contribution >= 4 is 3.21 Å². The van der Waals surface area contributed by atoms with E-state index < -0.39 is 0 Å². The van der Waals surface area contributed by atoms with E-state index in [1.165, 1.54) is 83.0 Å². The third-order valence-corrected chi connectivity index (χ3v) is 10.8. The molecule has 1 heteroatoms. The van der Waals surface area contributed by atoms with E-state index in [1.807, 2.05) is 15.4 Å². The molecule has 0 saturated heterocycles. The van der Waals surface area contributed by atoms with Crippen LogP contribution < -0.4 is 0 Å². The summed E-state index contributed by atoms with van der Waals surface area (Å²) in [6, 6.07) is 36.9. The first-order valence-corrected chi connectivity index (χ1v) is 17.6. The second kappa shape index (κ2) is 14.9. The first-order valence-electron chi connectivity index (χ1n) is 16.3. The summed E-state index contributed by atoms with van der Waals surface area (Å²) in [5.41, 5.74) is 10.7. The summed E-state index contributed by atoms with van der Waals surface area (Å²) in [5.74, 6) is 0. The molecular formula is C43H46Zr. The average Bonchev–Trinajstić information content (AvgIpc) is 3.70. The van der Waals surface area contributed by atoms with Crippen LogP contribution in [0, 0.1) is 12.1 Å². The second-order valence-corrected chi connectivity index (χ2v) is 15.1. The summed E-state index contributed by atoms with van der Waals surface area (Å²) < 4.78 is 1.81. The zero-order chi connectivity index (χ0) is 31.0. The molecule has 4 aromatic carbocycles. The van der Waals surface area contributed by atoms with Gasteiger partial charge in [-0.15, -0.1) is 17.5 Å². The number of benzene rings is 4. The molecule has 0 spiro atoms. The van der Waals surface area contributed by atoms with E-state index in [0.717, 1.165) is 12.8 Å². The fourth-order valence-corrected chi connectivity index (χ4v) is 7.24. The van der Waals surface area contributed by atoms with E-state index in [4.69, 9.17) is 0 Å². The molecule has 0 atom stereocenters. The molecular weight excluding hydrogens is 608 g/mol. The van der Waals surface area contributed by atoms with E-state index in [9.17, 15) is 0 Å². The van der Waals surface area contributed by atoms with Crippen LogP contribution in [0.3, 0.4) is 0 Å². The van der Waals surface area contributed by atoms with Crippen LogP contribution in [-0.4, -0.2) is 3.21 Å². The first-order chi connectivity index (χ1) is 21.3. The molecule has 4 aromatic rings. The van der Waals surface area contributed by atoms with E-state index in [-0.39, 0.29) is 10.8 Å². The van der Waals surface area contributed by atoms with Crippen molar-refractivity contribution in [2.24, 2.45) is 0 Å². The summed E-state index contributed by atoms with van der Waals surface area (Å²) in [7, 11) is 0. The van der Waals surface area contributed by atoms with Gasteiger partial charge in [0.25, 0.3) is 0 Å². The topological polar surface area (TPSA) is 0 Å². The van der Waals surface area contributed by atoms with Gasteiger partial charge >= 0.3 is 66.0 Å². The minimum absolute atomic E-state index is 0.0380. The van der Waals surface area contributed by atoms with Crippen molar-refractivity contribution in [3.8, 4) is 11.1 Å². The normalized spacial score (nSPS) is 15.4. The van der Waals surface area contributed by atoms with Gasteiger partial charge in [-0.2, -0.15) is 29.8 Å². The van der Waals surface area contributed by atoms with Gasteiger partial charge in [-0.25, -0.2) is 12.2 Å². The molecule has 1 saturated carbocycles. The number of hydrogen-bond acceptors (Lipinski definition) is 0. The van der Waals surface area contributed by atoms with Crippen molar-refractivity contribution in [1.82, 2.24) is 0 Å². The monoisotopic (exact) mass is 652 g/mol. The molecule has 0 aromatic heterocycles. The van der Waals surface area contributed by atoms with Crippen molar-refractivity contribution in [2.75, 3.05) is 0 Å². The Balaban J connectivity index is 0.000000243. The predicted molar refractivity (Wildman–Crippen MR) is 185 cm³/mol. The number of fused-ring (bicyclic) bond motifs is 3. The second-order valence-electron chi connectivity index (χ2n) is 13.3. The van der Waals surface area contributed by atoms with Gasteiger partial charge in [-0.3, -0.25) is 6.08 Å².